The van der Waals surface area contributed by atoms with Crippen LogP contribution in [0.5, 0.6) is 0 Å². The van der Waals surface area contributed by atoms with Gasteiger partial charge in [0.1, 0.15) is 12.6 Å². The molecule has 0 saturated heterocycles. The second-order valence-corrected chi connectivity index (χ2v) is 8.57. The van der Waals surface area contributed by atoms with Crippen molar-refractivity contribution in [3.05, 3.63) is 59.7 Å². The zero-order chi connectivity index (χ0) is 22.7. The van der Waals surface area contributed by atoms with E-state index in [1.165, 1.54) is 0 Å². The van der Waals surface area contributed by atoms with Crippen molar-refractivity contribution in [2.45, 2.75) is 50.6 Å². The van der Waals surface area contributed by atoms with Crippen molar-refractivity contribution in [2.24, 2.45) is 5.92 Å². The Morgan fingerprint density at radius 1 is 1.03 bits per heavy atom. The Balaban J connectivity index is 1.30. The highest BCUT2D eigenvalue weighted by atomic mass is 16.5. The van der Waals surface area contributed by atoms with E-state index >= 15 is 0 Å². The van der Waals surface area contributed by atoms with Crippen LogP contribution in [-0.2, 0) is 14.3 Å². The van der Waals surface area contributed by atoms with Crippen molar-refractivity contribution >= 4 is 18.0 Å². The van der Waals surface area contributed by atoms with E-state index in [2.05, 4.69) is 34.9 Å². The highest BCUT2D eigenvalue weighted by molar-refractivity contribution is 5.86. The fraction of sp³-hybridized carbons (Fsp3) is 0.400. The lowest BCUT2D eigenvalue weighted by Crippen LogP contribution is -2.52. The fourth-order valence-corrected chi connectivity index (χ4v) is 4.70. The van der Waals surface area contributed by atoms with Gasteiger partial charge >= 0.3 is 12.1 Å². The standard InChI is InChI=1S/C25H28N2O5/c1-2-22(24(30)26-16-11-15(12-16)13-23(28)29)27-25(31)32-14-21-19-9-5-3-7-17(19)18-8-4-6-10-20(18)21/h3-10,15-16,21-22H,2,11-14H2,1H3,(H,26,30)(H,27,31)(H,28,29)/t15?,16?,22-/m0/s1. The van der Waals surface area contributed by atoms with Crippen LogP contribution in [0.15, 0.2) is 48.5 Å². The lowest BCUT2D eigenvalue weighted by atomic mass is 9.78. The molecular weight excluding hydrogens is 408 g/mol. The molecule has 1 atom stereocenters. The number of alkyl carbamates (subject to hydrolysis) is 1. The van der Waals surface area contributed by atoms with Crippen LogP contribution in [-0.4, -0.2) is 41.8 Å². The predicted octanol–water partition coefficient (Wildman–Crippen LogP) is 3.67. The number of hydrogen-bond acceptors (Lipinski definition) is 4. The quantitative estimate of drug-likeness (QED) is 0.586. The second-order valence-electron chi connectivity index (χ2n) is 8.57. The average molecular weight is 437 g/mol. The third-order valence-corrected chi connectivity index (χ3v) is 6.41. The number of nitrogens with one attached hydrogen (secondary N) is 2. The molecule has 168 valence electrons. The van der Waals surface area contributed by atoms with Crippen LogP contribution in [0.3, 0.4) is 0 Å². The third kappa shape index (κ3) is 4.61. The summed E-state index contributed by atoms with van der Waals surface area (Å²) in [6, 6.07) is 15.5. The second kappa shape index (κ2) is 9.42. The molecule has 4 rings (SSSR count). The lowest BCUT2D eigenvalue weighted by molar-refractivity contribution is -0.139. The molecule has 0 heterocycles. The van der Waals surface area contributed by atoms with Crippen molar-refractivity contribution < 1.29 is 24.2 Å². The molecule has 32 heavy (non-hydrogen) atoms. The molecule has 0 aromatic heterocycles. The third-order valence-electron chi connectivity index (χ3n) is 6.41. The number of carboxylic acids is 1. The van der Waals surface area contributed by atoms with Gasteiger partial charge in [0.25, 0.3) is 0 Å². The van der Waals surface area contributed by atoms with E-state index in [4.69, 9.17) is 9.84 Å². The molecule has 2 aromatic rings. The van der Waals surface area contributed by atoms with Crippen LogP contribution in [0.25, 0.3) is 11.1 Å². The molecule has 0 aliphatic heterocycles. The number of carbonyl (C=O) groups is 3. The first kappa shape index (κ1) is 21.9. The molecule has 7 nitrogen and oxygen atoms in total. The van der Waals surface area contributed by atoms with E-state index in [1.54, 1.807) is 0 Å². The summed E-state index contributed by atoms with van der Waals surface area (Å²) in [6.07, 6.45) is 1.24. The first-order valence-corrected chi connectivity index (χ1v) is 11.1. The molecule has 2 aliphatic carbocycles. The largest absolute Gasteiger partial charge is 0.481 e. The minimum Gasteiger partial charge on any atom is -0.481 e. The molecule has 1 saturated carbocycles. The number of amides is 2. The molecule has 1 fully saturated rings. The Kier molecular flexibility index (Phi) is 6.44. The topological polar surface area (TPSA) is 105 Å². The maximum atomic E-state index is 12.5. The maximum absolute atomic E-state index is 12.5. The Labute approximate surface area is 187 Å². The van der Waals surface area contributed by atoms with Gasteiger partial charge < -0.3 is 20.5 Å². The first-order chi connectivity index (χ1) is 15.5. The van der Waals surface area contributed by atoms with Gasteiger partial charge in [0.05, 0.1) is 0 Å². The number of benzene rings is 2. The number of ether oxygens (including phenoxy) is 1. The molecule has 3 N–H and O–H groups in total. The van der Waals surface area contributed by atoms with Crippen LogP contribution in [0.1, 0.15) is 49.7 Å². The van der Waals surface area contributed by atoms with E-state index in [-0.39, 0.29) is 36.8 Å². The van der Waals surface area contributed by atoms with Crippen molar-refractivity contribution in [3.63, 3.8) is 0 Å². The molecule has 2 aromatic carbocycles. The minimum atomic E-state index is -0.817. The number of aliphatic carboxylic acids is 1. The van der Waals surface area contributed by atoms with Gasteiger partial charge in [-0.25, -0.2) is 4.79 Å². The summed E-state index contributed by atoms with van der Waals surface area (Å²) in [7, 11) is 0. The lowest BCUT2D eigenvalue weighted by Gasteiger charge is -2.35. The van der Waals surface area contributed by atoms with Crippen LogP contribution in [0.2, 0.25) is 0 Å². The van der Waals surface area contributed by atoms with Gasteiger partial charge in [-0.15, -0.1) is 0 Å². The van der Waals surface area contributed by atoms with Crippen molar-refractivity contribution in [2.75, 3.05) is 6.61 Å². The molecule has 0 bridgehead atoms. The number of hydrogen-bond donors (Lipinski definition) is 3. The summed E-state index contributed by atoms with van der Waals surface area (Å²) in [4.78, 5) is 35.7. The van der Waals surface area contributed by atoms with Crippen LogP contribution in [0, 0.1) is 5.92 Å². The number of carboxylic acid groups (broad SMARTS) is 1. The Bertz CT molecular complexity index is 969. The van der Waals surface area contributed by atoms with E-state index in [0.29, 0.717) is 19.3 Å². The van der Waals surface area contributed by atoms with Gasteiger partial charge in [-0.3, -0.25) is 9.59 Å². The zero-order valence-corrected chi connectivity index (χ0v) is 18.0. The number of carbonyl (C=O) groups excluding carboxylic acids is 2. The maximum Gasteiger partial charge on any atom is 0.407 e. The average Bonchev–Trinajstić information content (AvgIpc) is 3.08. The minimum absolute atomic E-state index is 0.0368. The first-order valence-electron chi connectivity index (χ1n) is 11.1. The highest BCUT2D eigenvalue weighted by Crippen LogP contribution is 2.44. The van der Waals surface area contributed by atoms with Crippen LogP contribution >= 0.6 is 0 Å². The smallest absolute Gasteiger partial charge is 0.407 e. The summed E-state index contributed by atoms with van der Waals surface area (Å²) >= 11 is 0. The summed E-state index contributed by atoms with van der Waals surface area (Å²) in [6.45, 7) is 2.01. The molecule has 0 radical (unpaired) electrons. The summed E-state index contributed by atoms with van der Waals surface area (Å²) in [5, 5.41) is 14.4. The fourth-order valence-electron chi connectivity index (χ4n) is 4.70. The molecule has 0 unspecified atom stereocenters. The molecule has 7 heteroatoms. The van der Waals surface area contributed by atoms with E-state index in [1.807, 2.05) is 31.2 Å². The highest BCUT2D eigenvalue weighted by Gasteiger charge is 2.34. The molecule has 2 aliphatic rings. The summed E-state index contributed by atoms with van der Waals surface area (Å²) < 4.78 is 5.53. The molecular formula is C25H28N2O5. The Hall–Kier alpha value is -3.35. The predicted molar refractivity (Wildman–Crippen MR) is 119 cm³/mol. The molecule has 0 spiro atoms. The zero-order valence-electron chi connectivity index (χ0n) is 18.0. The van der Waals surface area contributed by atoms with Crippen LogP contribution < -0.4 is 10.6 Å². The van der Waals surface area contributed by atoms with Gasteiger partial charge in [0, 0.05) is 18.4 Å². The molecule has 2 amide bonds. The van der Waals surface area contributed by atoms with Gasteiger partial charge in [0.2, 0.25) is 5.91 Å². The Morgan fingerprint density at radius 3 is 2.19 bits per heavy atom. The van der Waals surface area contributed by atoms with E-state index < -0.39 is 18.1 Å². The van der Waals surface area contributed by atoms with Crippen molar-refractivity contribution in [1.82, 2.24) is 10.6 Å². The van der Waals surface area contributed by atoms with E-state index in [9.17, 15) is 14.4 Å². The van der Waals surface area contributed by atoms with Crippen molar-refractivity contribution in [3.8, 4) is 11.1 Å². The van der Waals surface area contributed by atoms with Gasteiger partial charge in [-0.05, 0) is 47.4 Å². The summed E-state index contributed by atoms with van der Waals surface area (Å²) in [5.74, 6) is -1.01. The monoisotopic (exact) mass is 436 g/mol. The number of rotatable bonds is 8. The van der Waals surface area contributed by atoms with E-state index in [0.717, 1.165) is 22.3 Å². The number of fused-ring (bicyclic) bond motifs is 3. The van der Waals surface area contributed by atoms with Gasteiger partial charge in [0.15, 0.2) is 0 Å². The normalized spacial score (nSPS) is 19.8. The van der Waals surface area contributed by atoms with Gasteiger partial charge in [-0.1, -0.05) is 55.5 Å². The Morgan fingerprint density at radius 2 is 1.62 bits per heavy atom. The summed E-state index contributed by atoms with van der Waals surface area (Å²) in [5.41, 5.74) is 4.58. The van der Waals surface area contributed by atoms with Gasteiger partial charge in [-0.2, -0.15) is 0 Å². The SMILES string of the molecule is CC[C@H](NC(=O)OCC1c2ccccc2-c2ccccc21)C(=O)NC1CC(CC(=O)O)C1. The van der Waals surface area contributed by atoms with Crippen molar-refractivity contribution in [1.29, 1.82) is 0 Å². The van der Waals surface area contributed by atoms with Crippen LogP contribution in [0.4, 0.5) is 4.79 Å².